The number of aliphatic hydroxyl groups is 1. The molecule has 5 heteroatoms. The number of rotatable bonds is 8. The van der Waals surface area contributed by atoms with Gasteiger partial charge in [0.05, 0.1) is 25.4 Å². The minimum atomic E-state index is -0.883. The van der Waals surface area contributed by atoms with Crippen LogP contribution in [-0.2, 0) is 11.2 Å². The standard InChI is InChI=1S/C19H27NO4/c1-13(2)7-8-19(3,22)12-20-18(21)9-14-11-24-17-10-15(23-4)5-6-16(14)17/h5-6,10-11,13,22H,7-9,12H2,1-4H3,(H,20,21). The van der Waals surface area contributed by atoms with Crippen LogP contribution in [-0.4, -0.2) is 30.3 Å². The van der Waals surface area contributed by atoms with Crippen molar-refractivity contribution in [3.8, 4) is 5.75 Å². The van der Waals surface area contributed by atoms with Crippen molar-refractivity contribution < 1.29 is 19.1 Å². The summed E-state index contributed by atoms with van der Waals surface area (Å²) in [6.07, 6.45) is 3.41. The number of benzene rings is 1. The van der Waals surface area contributed by atoms with Crippen molar-refractivity contribution in [2.24, 2.45) is 5.92 Å². The fourth-order valence-corrected chi connectivity index (χ4v) is 2.54. The summed E-state index contributed by atoms with van der Waals surface area (Å²) in [6.45, 7) is 6.25. The molecule has 0 spiro atoms. The van der Waals surface area contributed by atoms with Gasteiger partial charge in [-0.05, 0) is 37.8 Å². The highest BCUT2D eigenvalue weighted by molar-refractivity contribution is 5.88. The van der Waals surface area contributed by atoms with E-state index in [1.54, 1.807) is 26.4 Å². The van der Waals surface area contributed by atoms with Gasteiger partial charge in [0, 0.05) is 23.6 Å². The molecule has 1 amide bonds. The van der Waals surface area contributed by atoms with E-state index in [1.165, 1.54) is 0 Å². The van der Waals surface area contributed by atoms with E-state index in [1.807, 2.05) is 12.1 Å². The van der Waals surface area contributed by atoms with Crippen molar-refractivity contribution in [2.75, 3.05) is 13.7 Å². The van der Waals surface area contributed by atoms with Crippen LogP contribution >= 0.6 is 0 Å². The maximum absolute atomic E-state index is 12.2. The Morgan fingerprint density at radius 1 is 1.42 bits per heavy atom. The van der Waals surface area contributed by atoms with Gasteiger partial charge in [0.1, 0.15) is 11.3 Å². The largest absolute Gasteiger partial charge is 0.497 e. The Morgan fingerprint density at radius 3 is 2.83 bits per heavy atom. The Hall–Kier alpha value is -2.01. The molecule has 0 bridgehead atoms. The first kappa shape index (κ1) is 18.3. The second-order valence-electron chi connectivity index (χ2n) is 7.01. The van der Waals surface area contributed by atoms with Crippen molar-refractivity contribution in [3.05, 3.63) is 30.0 Å². The van der Waals surface area contributed by atoms with Gasteiger partial charge < -0.3 is 19.6 Å². The first-order chi connectivity index (χ1) is 11.3. The Labute approximate surface area is 143 Å². The lowest BCUT2D eigenvalue weighted by Gasteiger charge is -2.24. The van der Waals surface area contributed by atoms with Gasteiger partial charge in [0.2, 0.25) is 5.91 Å². The monoisotopic (exact) mass is 333 g/mol. The molecule has 0 saturated carbocycles. The van der Waals surface area contributed by atoms with Gasteiger partial charge in [-0.25, -0.2) is 0 Å². The lowest BCUT2D eigenvalue weighted by atomic mass is 9.95. The zero-order valence-electron chi connectivity index (χ0n) is 14.9. The molecule has 0 aliphatic heterocycles. The molecule has 0 saturated heterocycles. The molecule has 1 aromatic carbocycles. The molecule has 24 heavy (non-hydrogen) atoms. The number of hydrogen-bond donors (Lipinski definition) is 2. The third kappa shape index (κ3) is 4.99. The summed E-state index contributed by atoms with van der Waals surface area (Å²) in [4.78, 5) is 12.2. The predicted molar refractivity (Wildman–Crippen MR) is 94.2 cm³/mol. The van der Waals surface area contributed by atoms with Crippen molar-refractivity contribution in [3.63, 3.8) is 0 Å². The molecular weight excluding hydrogens is 306 g/mol. The summed E-state index contributed by atoms with van der Waals surface area (Å²) in [6, 6.07) is 5.53. The first-order valence-corrected chi connectivity index (χ1v) is 8.34. The topological polar surface area (TPSA) is 71.7 Å². The first-order valence-electron chi connectivity index (χ1n) is 8.34. The molecule has 2 N–H and O–H groups in total. The van der Waals surface area contributed by atoms with E-state index in [0.29, 0.717) is 23.7 Å². The van der Waals surface area contributed by atoms with Crippen LogP contribution in [0.25, 0.3) is 11.0 Å². The predicted octanol–water partition coefficient (Wildman–Crippen LogP) is 3.29. The number of methoxy groups -OCH3 is 1. The van der Waals surface area contributed by atoms with E-state index < -0.39 is 5.60 Å². The molecule has 1 atom stereocenters. The second-order valence-corrected chi connectivity index (χ2v) is 7.01. The van der Waals surface area contributed by atoms with Gasteiger partial charge in [-0.2, -0.15) is 0 Å². The minimum Gasteiger partial charge on any atom is -0.497 e. The summed E-state index contributed by atoms with van der Waals surface area (Å²) in [7, 11) is 1.60. The maximum atomic E-state index is 12.2. The van der Waals surface area contributed by atoms with Crippen LogP contribution in [0.4, 0.5) is 0 Å². The zero-order valence-corrected chi connectivity index (χ0v) is 14.9. The van der Waals surface area contributed by atoms with Gasteiger partial charge >= 0.3 is 0 Å². The molecule has 1 heterocycles. The van der Waals surface area contributed by atoms with E-state index in [9.17, 15) is 9.90 Å². The van der Waals surface area contributed by atoms with E-state index in [0.717, 1.165) is 17.4 Å². The molecule has 1 unspecified atom stereocenters. The fraction of sp³-hybridized carbons (Fsp3) is 0.526. The minimum absolute atomic E-state index is 0.127. The van der Waals surface area contributed by atoms with Gasteiger partial charge in [-0.1, -0.05) is 13.8 Å². The fourth-order valence-electron chi connectivity index (χ4n) is 2.54. The van der Waals surface area contributed by atoms with E-state index in [-0.39, 0.29) is 18.9 Å². The molecule has 0 fully saturated rings. The third-order valence-corrected chi connectivity index (χ3v) is 4.14. The smallest absolute Gasteiger partial charge is 0.224 e. The summed E-state index contributed by atoms with van der Waals surface area (Å²) in [5, 5.41) is 14.0. The molecule has 5 nitrogen and oxygen atoms in total. The summed E-state index contributed by atoms with van der Waals surface area (Å²) in [5.41, 5.74) is 0.638. The number of carbonyl (C=O) groups excluding carboxylic acids is 1. The Balaban J connectivity index is 1.93. The van der Waals surface area contributed by atoms with Crippen molar-refractivity contribution in [1.82, 2.24) is 5.32 Å². The van der Waals surface area contributed by atoms with E-state index in [4.69, 9.17) is 9.15 Å². The van der Waals surface area contributed by atoms with Crippen LogP contribution in [0.2, 0.25) is 0 Å². The Bertz CT molecular complexity index is 688. The van der Waals surface area contributed by atoms with Crippen LogP contribution in [0.15, 0.2) is 28.9 Å². The third-order valence-electron chi connectivity index (χ3n) is 4.14. The lowest BCUT2D eigenvalue weighted by Crippen LogP contribution is -2.41. The molecular formula is C19H27NO4. The van der Waals surface area contributed by atoms with Crippen molar-refractivity contribution in [2.45, 2.75) is 45.6 Å². The number of hydrogen-bond acceptors (Lipinski definition) is 4. The highest BCUT2D eigenvalue weighted by Gasteiger charge is 2.21. The second kappa shape index (κ2) is 7.71. The lowest BCUT2D eigenvalue weighted by molar-refractivity contribution is -0.121. The number of nitrogens with one attached hydrogen (secondary N) is 1. The Kier molecular flexibility index (Phi) is 5.89. The zero-order chi connectivity index (χ0) is 17.7. The maximum Gasteiger partial charge on any atom is 0.224 e. The number of carbonyl (C=O) groups is 1. The number of fused-ring (bicyclic) bond motifs is 1. The molecule has 2 rings (SSSR count). The normalized spacial score (nSPS) is 13.9. The summed E-state index contributed by atoms with van der Waals surface area (Å²) < 4.78 is 10.7. The average Bonchev–Trinajstić information content (AvgIpc) is 2.93. The molecule has 2 aromatic rings. The highest BCUT2D eigenvalue weighted by atomic mass is 16.5. The summed E-state index contributed by atoms with van der Waals surface area (Å²) in [5.74, 6) is 1.12. The number of furan rings is 1. The van der Waals surface area contributed by atoms with Crippen molar-refractivity contribution in [1.29, 1.82) is 0 Å². The molecule has 0 radical (unpaired) electrons. The van der Waals surface area contributed by atoms with Crippen LogP contribution in [0.5, 0.6) is 5.75 Å². The van der Waals surface area contributed by atoms with E-state index >= 15 is 0 Å². The van der Waals surface area contributed by atoms with Crippen LogP contribution in [0.3, 0.4) is 0 Å². The van der Waals surface area contributed by atoms with Gasteiger partial charge in [-0.3, -0.25) is 4.79 Å². The molecule has 0 aliphatic carbocycles. The Morgan fingerprint density at radius 2 is 2.17 bits per heavy atom. The molecule has 0 aliphatic rings. The van der Waals surface area contributed by atoms with Crippen LogP contribution < -0.4 is 10.1 Å². The highest BCUT2D eigenvalue weighted by Crippen LogP contribution is 2.26. The van der Waals surface area contributed by atoms with Crippen LogP contribution in [0, 0.1) is 5.92 Å². The van der Waals surface area contributed by atoms with Crippen molar-refractivity contribution >= 4 is 16.9 Å². The number of ether oxygens (including phenoxy) is 1. The quantitative estimate of drug-likeness (QED) is 0.777. The van der Waals surface area contributed by atoms with Crippen LogP contribution in [0.1, 0.15) is 39.2 Å². The van der Waals surface area contributed by atoms with Gasteiger partial charge in [-0.15, -0.1) is 0 Å². The molecule has 132 valence electrons. The number of amides is 1. The summed E-state index contributed by atoms with van der Waals surface area (Å²) >= 11 is 0. The molecule has 1 aromatic heterocycles. The van der Waals surface area contributed by atoms with E-state index in [2.05, 4.69) is 19.2 Å². The average molecular weight is 333 g/mol. The van der Waals surface area contributed by atoms with Gasteiger partial charge in [0.25, 0.3) is 0 Å². The van der Waals surface area contributed by atoms with Gasteiger partial charge in [0.15, 0.2) is 0 Å². The SMILES string of the molecule is COc1ccc2c(CC(=O)NCC(C)(O)CCC(C)C)coc2c1.